The number of aromatic nitrogens is 4. The Hall–Kier alpha value is -2.51. The van der Waals surface area contributed by atoms with Gasteiger partial charge in [-0.25, -0.2) is 0 Å². The van der Waals surface area contributed by atoms with Crippen LogP contribution in [-0.4, -0.2) is 63.8 Å². The summed E-state index contributed by atoms with van der Waals surface area (Å²) in [6.07, 6.45) is 7.03. The highest BCUT2D eigenvalue weighted by Crippen LogP contribution is 2.39. The number of rotatable bonds is 5. The number of hydrogen-bond acceptors (Lipinski definition) is 6. The van der Waals surface area contributed by atoms with Crippen LogP contribution in [0.1, 0.15) is 31.2 Å². The molecule has 0 amide bonds. The highest BCUT2D eigenvalue weighted by atomic mass is 16.5. The van der Waals surface area contributed by atoms with Crippen molar-refractivity contribution in [3.8, 4) is 11.3 Å². The first kappa shape index (κ1) is 21.1. The van der Waals surface area contributed by atoms with Gasteiger partial charge < -0.3 is 15.0 Å². The van der Waals surface area contributed by atoms with E-state index in [1.54, 1.807) is 0 Å². The molecule has 174 valence electrons. The third-order valence-electron chi connectivity index (χ3n) is 8.05. The number of aryl methyl sites for hydroxylation is 2. The molecule has 2 aromatic heterocycles. The number of benzene rings is 1. The van der Waals surface area contributed by atoms with Crippen LogP contribution >= 0.6 is 0 Å². The van der Waals surface area contributed by atoms with Gasteiger partial charge in [0.05, 0.1) is 11.2 Å². The van der Waals surface area contributed by atoms with Gasteiger partial charge in [0.2, 0.25) is 0 Å². The fourth-order valence-corrected chi connectivity index (χ4v) is 6.35. The standard InChI is InChI=1S/C26H34N6O/c1-17-22(3-4-25-23(17)16-31(2)30-25)24-5-6-26(29-28-24)27-21-11-19-14-32(15-20(19)12-21)13-18-7-9-33-10-8-18/h3-6,16,18-21H,7-15H2,1-2H3,(H,27,29)/t19-,20-/m1/s1. The minimum Gasteiger partial charge on any atom is -0.381 e. The molecule has 4 heterocycles. The van der Waals surface area contributed by atoms with Crippen LogP contribution in [0.5, 0.6) is 0 Å². The van der Waals surface area contributed by atoms with E-state index in [0.29, 0.717) is 6.04 Å². The number of hydrogen-bond donors (Lipinski definition) is 1. The van der Waals surface area contributed by atoms with E-state index in [2.05, 4.69) is 62.9 Å². The molecule has 7 heteroatoms. The van der Waals surface area contributed by atoms with Gasteiger partial charge in [0.15, 0.2) is 0 Å². The summed E-state index contributed by atoms with van der Waals surface area (Å²) in [7, 11) is 1.96. The van der Waals surface area contributed by atoms with Crippen molar-refractivity contribution in [2.24, 2.45) is 24.8 Å². The highest BCUT2D eigenvalue weighted by molar-refractivity contribution is 5.88. The summed E-state index contributed by atoms with van der Waals surface area (Å²) in [5, 5.41) is 18.4. The molecule has 6 rings (SSSR count). The zero-order valence-electron chi connectivity index (χ0n) is 19.7. The monoisotopic (exact) mass is 446 g/mol. The number of nitrogens with one attached hydrogen (secondary N) is 1. The van der Waals surface area contributed by atoms with Crippen molar-refractivity contribution in [1.29, 1.82) is 0 Å². The van der Waals surface area contributed by atoms with E-state index in [1.165, 1.54) is 56.3 Å². The van der Waals surface area contributed by atoms with Gasteiger partial charge in [0.25, 0.3) is 0 Å². The second-order valence-electron chi connectivity index (χ2n) is 10.4. The third-order valence-corrected chi connectivity index (χ3v) is 8.05. The van der Waals surface area contributed by atoms with E-state index < -0.39 is 0 Å². The quantitative estimate of drug-likeness (QED) is 0.641. The lowest BCUT2D eigenvalue weighted by molar-refractivity contribution is 0.0545. The van der Waals surface area contributed by atoms with Crippen molar-refractivity contribution in [3.63, 3.8) is 0 Å². The average molecular weight is 447 g/mol. The van der Waals surface area contributed by atoms with Crippen LogP contribution in [0.3, 0.4) is 0 Å². The van der Waals surface area contributed by atoms with E-state index in [4.69, 9.17) is 4.74 Å². The van der Waals surface area contributed by atoms with Gasteiger partial charge in [-0.3, -0.25) is 4.68 Å². The first-order valence-electron chi connectivity index (χ1n) is 12.5. The number of likely N-dealkylation sites (tertiary alicyclic amines) is 1. The van der Waals surface area contributed by atoms with E-state index in [1.807, 2.05) is 11.7 Å². The van der Waals surface area contributed by atoms with Gasteiger partial charge >= 0.3 is 0 Å². The molecule has 2 saturated heterocycles. The van der Waals surface area contributed by atoms with Gasteiger partial charge in [0, 0.05) is 63.1 Å². The second kappa shape index (κ2) is 8.69. The Labute approximate surface area is 195 Å². The lowest BCUT2D eigenvalue weighted by Gasteiger charge is -2.27. The summed E-state index contributed by atoms with van der Waals surface area (Å²) in [5.41, 5.74) is 4.25. The largest absolute Gasteiger partial charge is 0.381 e. The van der Waals surface area contributed by atoms with Crippen molar-refractivity contribution in [2.75, 3.05) is 38.2 Å². The molecule has 1 saturated carbocycles. The van der Waals surface area contributed by atoms with Crippen LogP contribution in [0.25, 0.3) is 22.2 Å². The van der Waals surface area contributed by atoms with Crippen molar-refractivity contribution in [2.45, 2.75) is 38.6 Å². The molecule has 0 spiro atoms. The predicted octanol–water partition coefficient (Wildman–Crippen LogP) is 3.89. The number of nitrogens with zero attached hydrogens (tertiary/aromatic N) is 5. The van der Waals surface area contributed by atoms with Crippen LogP contribution in [0.4, 0.5) is 5.82 Å². The van der Waals surface area contributed by atoms with Gasteiger partial charge in [-0.15, -0.1) is 10.2 Å². The molecule has 0 bridgehead atoms. The summed E-state index contributed by atoms with van der Waals surface area (Å²) in [6.45, 7) is 7.84. The molecule has 0 radical (unpaired) electrons. The fourth-order valence-electron chi connectivity index (χ4n) is 6.35. The molecule has 3 fully saturated rings. The predicted molar refractivity (Wildman–Crippen MR) is 130 cm³/mol. The van der Waals surface area contributed by atoms with Crippen molar-refractivity contribution in [1.82, 2.24) is 24.9 Å². The summed E-state index contributed by atoms with van der Waals surface area (Å²) >= 11 is 0. The molecular formula is C26H34N6O. The Morgan fingerprint density at radius 1 is 1.03 bits per heavy atom. The average Bonchev–Trinajstić information content (AvgIpc) is 3.48. The maximum Gasteiger partial charge on any atom is 0.148 e. The molecule has 3 aromatic rings. The Kier molecular flexibility index (Phi) is 5.54. The van der Waals surface area contributed by atoms with Crippen molar-refractivity contribution >= 4 is 16.7 Å². The lowest BCUT2D eigenvalue weighted by Crippen LogP contribution is -2.32. The second-order valence-corrected chi connectivity index (χ2v) is 10.4. The van der Waals surface area contributed by atoms with Crippen LogP contribution in [0, 0.1) is 24.7 Å². The Morgan fingerprint density at radius 3 is 2.55 bits per heavy atom. The summed E-state index contributed by atoms with van der Waals surface area (Å²) in [6, 6.07) is 8.85. The minimum absolute atomic E-state index is 0.513. The molecule has 33 heavy (non-hydrogen) atoms. The van der Waals surface area contributed by atoms with E-state index in [9.17, 15) is 0 Å². The van der Waals surface area contributed by atoms with Gasteiger partial charge in [-0.2, -0.15) is 5.10 Å². The summed E-state index contributed by atoms with van der Waals surface area (Å²) < 4.78 is 7.39. The van der Waals surface area contributed by atoms with Crippen LogP contribution in [-0.2, 0) is 11.8 Å². The molecule has 7 nitrogen and oxygen atoms in total. The smallest absolute Gasteiger partial charge is 0.148 e. The molecule has 1 aliphatic carbocycles. The topological polar surface area (TPSA) is 68.1 Å². The maximum absolute atomic E-state index is 5.52. The molecule has 2 aliphatic heterocycles. The van der Waals surface area contributed by atoms with Gasteiger partial charge in [-0.05, 0) is 74.1 Å². The van der Waals surface area contributed by atoms with E-state index in [0.717, 1.165) is 53.6 Å². The molecular weight excluding hydrogens is 412 g/mol. The number of ether oxygens (including phenoxy) is 1. The lowest BCUT2D eigenvalue weighted by atomic mass is 10.00. The van der Waals surface area contributed by atoms with Crippen LogP contribution < -0.4 is 5.32 Å². The SMILES string of the molecule is Cc1c(-c2ccc(NC3C[C@@H]4CN(CC5CCOCC5)C[C@H]4C3)nn2)ccc2nn(C)cc12. The van der Waals surface area contributed by atoms with Crippen LogP contribution in [0.2, 0.25) is 0 Å². The third kappa shape index (κ3) is 4.24. The Bertz CT molecular complexity index is 1110. The first-order chi connectivity index (χ1) is 16.1. The molecule has 0 unspecified atom stereocenters. The normalized spacial score (nSPS) is 24.5. The Balaban J connectivity index is 1.06. The summed E-state index contributed by atoms with van der Waals surface area (Å²) in [5.74, 6) is 3.37. The zero-order chi connectivity index (χ0) is 22.4. The summed E-state index contributed by atoms with van der Waals surface area (Å²) in [4.78, 5) is 2.72. The molecule has 1 N–H and O–H groups in total. The van der Waals surface area contributed by atoms with Crippen molar-refractivity contribution < 1.29 is 4.74 Å². The van der Waals surface area contributed by atoms with Gasteiger partial charge in [0.1, 0.15) is 5.82 Å². The Morgan fingerprint density at radius 2 is 1.82 bits per heavy atom. The van der Waals surface area contributed by atoms with E-state index in [-0.39, 0.29) is 0 Å². The minimum atomic E-state index is 0.513. The molecule has 2 atom stereocenters. The maximum atomic E-state index is 5.52. The fraction of sp³-hybridized carbons (Fsp3) is 0.577. The first-order valence-corrected chi connectivity index (χ1v) is 12.5. The van der Waals surface area contributed by atoms with Crippen molar-refractivity contribution in [3.05, 3.63) is 36.0 Å². The zero-order valence-corrected chi connectivity index (χ0v) is 19.7. The number of fused-ring (bicyclic) bond motifs is 2. The van der Waals surface area contributed by atoms with Crippen LogP contribution in [0.15, 0.2) is 30.5 Å². The van der Waals surface area contributed by atoms with E-state index >= 15 is 0 Å². The van der Waals surface area contributed by atoms with Gasteiger partial charge in [-0.1, -0.05) is 6.07 Å². The highest BCUT2D eigenvalue weighted by Gasteiger charge is 2.41. The molecule has 3 aliphatic rings. The number of anilines is 1. The molecule has 1 aromatic carbocycles.